The molecule has 0 saturated heterocycles. The molecule has 4 heteroatoms. The second kappa shape index (κ2) is 6.45. The average molecular weight is 294 g/mol. The van der Waals surface area contributed by atoms with Crippen LogP contribution in [-0.2, 0) is 13.2 Å². The molecule has 0 aliphatic carbocycles. The Morgan fingerprint density at radius 2 is 1.77 bits per heavy atom. The van der Waals surface area contributed by atoms with Gasteiger partial charge in [0.25, 0.3) is 0 Å². The molecule has 1 heterocycles. The molecule has 0 radical (unpaired) electrons. The number of hydrogen-bond donors (Lipinski definition) is 1. The minimum Gasteiger partial charge on any atom is -0.487 e. The smallest absolute Gasteiger partial charge is 0.130 e. The highest BCUT2D eigenvalue weighted by molar-refractivity contribution is 5.35. The van der Waals surface area contributed by atoms with Crippen LogP contribution in [0.3, 0.4) is 0 Å². The zero-order valence-corrected chi connectivity index (χ0v) is 12.4. The molecule has 3 aromatic rings. The van der Waals surface area contributed by atoms with Crippen molar-refractivity contribution in [3.05, 3.63) is 77.6 Å². The number of rotatable bonds is 5. The summed E-state index contributed by atoms with van der Waals surface area (Å²) >= 11 is 0. The SMILES string of the molecule is Cc1cc(COc2ccccc2CO)n(-c2ccccc2)n1. The summed E-state index contributed by atoms with van der Waals surface area (Å²) in [6.45, 7) is 2.32. The van der Waals surface area contributed by atoms with Crippen LogP contribution in [0.2, 0.25) is 0 Å². The molecule has 0 unspecified atom stereocenters. The van der Waals surface area contributed by atoms with Crippen molar-refractivity contribution >= 4 is 0 Å². The van der Waals surface area contributed by atoms with E-state index in [1.54, 1.807) is 0 Å². The largest absolute Gasteiger partial charge is 0.487 e. The summed E-state index contributed by atoms with van der Waals surface area (Å²) in [4.78, 5) is 0. The maximum atomic E-state index is 9.35. The Balaban J connectivity index is 1.84. The van der Waals surface area contributed by atoms with Crippen LogP contribution >= 0.6 is 0 Å². The summed E-state index contributed by atoms with van der Waals surface area (Å²) in [5, 5.41) is 13.9. The van der Waals surface area contributed by atoms with Gasteiger partial charge in [0.15, 0.2) is 0 Å². The highest BCUT2D eigenvalue weighted by atomic mass is 16.5. The van der Waals surface area contributed by atoms with Crippen molar-refractivity contribution in [2.45, 2.75) is 20.1 Å². The molecule has 0 amide bonds. The Bertz CT molecular complexity index is 751. The van der Waals surface area contributed by atoms with Crippen molar-refractivity contribution in [1.29, 1.82) is 0 Å². The number of nitrogens with zero attached hydrogens (tertiary/aromatic N) is 2. The monoisotopic (exact) mass is 294 g/mol. The average Bonchev–Trinajstić information content (AvgIpc) is 2.95. The fourth-order valence-electron chi connectivity index (χ4n) is 2.38. The van der Waals surface area contributed by atoms with Crippen LogP contribution in [0.25, 0.3) is 5.69 Å². The van der Waals surface area contributed by atoms with Crippen LogP contribution in [-0.4, -0.2) is 14.9 Å². The van der Waals surface area contributed by atoms with Crippen molar-refractivity contribution in [2.75, 3.05) is 0 Å². The van der Waals surface area contributed by atoms with Gasteiger partial charge in [-0.05, 0) is 31.2 Å². The lowest BCUT2D eigenvalue weighted by Crippen LogP contribution is -2.06. The molecule has 1 N–H and O–H groups in total. The molecule has 0 atom stereocenters. The molecule has 2 aromatic carbocycles. The van der Waals surface area contributed by atoms with Crippen LogP contribution < -0.4 is 4.74 Å². The predicted octanol–water partition coefficient (Wildman–Crippen LogP) is 3.25. The Kier molecular flexibility index (Phi) is 4.21. The Morgan fingerprint density at radius 1 is 1.05 bits per heavy atom. The number of aryl methyl sites for hydroxylation is 1. The zero-order valence-electron chi connectivity index (χ0n) is 12.4. The van der Waals surface area contributed by atoms with Gasteiger partial charge < -0.3 is 9.84 Å². The Labute approximate surface area is 129 Å². The van der Waals surface area contributed by atoms with Crippen LogP contribution in [0.1, 0.15) is 17.0 Å². The molecule has 0 aliphatic heterocycles. The topological polar surface area (TPSA) is 47.3 Å². The molecule has 1 aromatic heterocycles. The third-order valence-corrected chi connectivity index (χ3v) is 3.42. The van der Waals surface area contributed by atoms with E-state index in [4.69, 9.17) is 4.74 Å². The first kappa shape index (κ1) is 14.4. The number of ether oxygens (including phenoxy) is 1. The molecule has 0 bridgehead atoms. The van der Waals surface area contributed by atoms with Crippen LogP contribution in [0.5, 0.6) is 5.75 Å². The molecule has 0 spiro atoms. The fourth-order valence-corrected chi connectivity index (χ4v) is 2.38. The molecule has 0 aliphatic rings. The first-order chi connectivity index (χ1) is 10.8. The van der Waals surface area contributed by atoms with Crippen molar-refractivity contribution in [2.24, 2.45) is 0 Å². The maximum absolute atomic E-state index is 9.35. The van der Waals surface area contributed by atoms with Crippen LogP contribution in [0.15, 0.2) is 60.7 Å². The zero-order chi connectivity index (χ0) is 15.4. The molecular formula is C18H18N2O2. The van der Waals surface area contributed by atoms with Gasteiger partial charge in [-0.2, -0.15) is 5.10 Å². The number of para-hydroxylation sites is 2. The van der Waals surface area contributed by atoms with Gasteiger partial charge in [-0.15, -0.1) is 0 Å². The summed E-state index contributed by atoms with van der Waals surface area (Å²) in [5.41, 5.74) is 3.70. The Morgan fingerprint density at radius 3 is 2.55 bits per heavy atom. The van der Waals surface area contributed by atoms with E-state index >= 15 is 0 Å². The lowest BCUT2D eigenvalue weighted by molar-refractivity contribution is 0.256. The minimum absolute atomic E-state index is 0.0346. The normalized spacial score (nSPS) is 10.6. The molecule has 0 saturated carbocycles. The molecule has 0 fully saturated rings. The number of hydrogen-bond acceptors (Lipinski definition) is 3. The molecule has 4 nitrogen and oxygen atoms in total. The number of aliphatic hydroxyl groups is 1. The maximum Gasteiger partial charge on any atom is 0.130 e. The van der Waals surface area contributed by atoms with Gasteiger partial charge in [-0.3, -0.25) is 0 Å². The number of aliphatic hydroxyl groups excluding tert-OH is 1. The van der Waals surface area contributed by atoms with Gasteiger partial charge in [0.05, 0.1) is 23.7 Å². The third kappa shape index (κ3) is 3.02. The highest BCUT2D eigenvalue weighted by Crippen LogP contribution is 2.20. The minimum atomic E-state index is -0.0346. The fraction of sp³-hybridized carbons (Fsp3) is 0.167. The summed E-state index contributed by atoms with van der Waals surface area (Å²) < 4.78 is 7.75. The van der Waals surface area contributed by atoms with Crippen molar-refractivity contribution in [3.8, 4) is 11.4 Å². The van der Waals surface area contributed by atoms with E-state index in [-0.39, 0.29) is 6.61 Å². The van der Waals surface area contributed by atoms with Gasteiger partial charge in [0.2, 0.25) is 0 Å². The van der Waals surface area contributed by atoms with E-state index < -0.39 is 0 Å². The van der Waals surface area contributed by atoms with E-state index in [9.17, 15) is 5.11 Å². The first-order valence-corrected chi connectivity index (χ1v) is 7.20. The van der Waals surface area contributed by atoms with Gasteiger partial charge in [0, 0.05) is 5.56 Å². The summed E-state index contributed by atoms with van der Waals surface area (Å²) in [6, 6.07) is 19.5. The molecule has 22 heavy (non-hydrogen) atoms. The van der Waals surface area contributed by atoms with Crippen molar-refractivity contribution < 1.29 is 9.84 Å². The van der Waals surface area contributed by atoms with E-state index in [1.165, 1.54) is 0 Å². The van der Waals surface area contributed by atoms with E-state index in [0.717, 1.165) is 22.6 Å². The van der Waals surface area contributed by atoms with Gasteiger partial charge in [0.1, 0.15) is 12.4 Å². The number of benzene rings is 2. The van der Waals surface area contributed by atoms with Crippen LogP contribution in [0.4, 0.5) is 0 Å². The van der Waals surface area contributed by atoms with Gasteiger partial charge >= 0.3 is 0 Å². The van der Waals surface area contributed by atoms with E-state index in [0.29, 0.717) is 12.4 Å². The molecular weight excluding hydrogens is 276 g/mol. The van der Waals surface area contributed by atoms with Crippen LogP contribution in [0, 0.1) is 6.92 Å². The van der Waals surface area contributed by atoms with Crippen molar-refractivity contribution in [1.82, 2.24) is 9.78 Å². The quantitative estimate of drug-likeness (QED) is 0.785. The van der Waals surface area contributed by atoms with E-state index in [2.05, 4.69) is 5.10 Å². The molecule has 112 valence electrons. The van der Waals surface area contributed by atoms with E-state index in [1.807, 2.05) is 72.3 Å². The summed E-state index contributed by atoms with van der Waals surface area (Å²) in [5.74, 6) is 0.698. The second-order valence-electron chi connectivity index (χ2n) is 5.08. The lowest BCUT2D eigenvalue weighted by Gasteiger charge is -2.11. The van der Waals surface area contributed by atoms with Gasteiger partial charge in [-0.25, -0.2) is 4.68 Å². The standard InChI is InChI=1S/C18H18N2O2/c1-14-11-17(20(19-14)16-8-3-2-4-9-16)13-22-18-10-6-5-7-15(18)12-21/h2-11,21H,12-13H2,1H3. The van der Waals surface area contributed by atoms with Crippen molar-refractivity contribution in [3.63, 3.8) is 0 Å². The highest BCUT2D eigenvalue weighted by Gasteiger charge is 2.09. The van der Waals surface area contributed by atoms with Gasteiger partial charge in [-0.1, -0.05) is 36.4 Å². The summed E-state index contributed by atoms with van der Waals surface area (Å²) in [7, 11) is 0. The molecule has 3 rings (SSSR count). The third-order valence-electron chi connectivity index (χ3n) is 3.42. The first-order valence-electron chi connectivity index (χ1n) is 7.20. The lowest BCUT2D eigenvalue weighted by atomic mass is 10.2. The Hall–Kier alpha value is -2.59. The summed E-state index contributed by atoms with van der Waals surface area (Å²) in [6.07, 6.45) is 0. The number of aromatic nitrogens is 2. The second-order valence-corrected chi connectivity index (χ2v) is 5.08. The predicted molar refractivity (Wildman–Crippen MR) is 85.0 cm³/mol.